The lowest BCUT2D eigenvalue weighted by atomic mass is 10.2. The normalized spacial score (nSPS) is 11.1. The molecule has 0 saturated carbocycles. The first-order valence-electron chi connectivity index (χ1n) is 5.46. The standard InChI is InChI=1S/C12H8BrClN2O4S/c13-9-6-15-4-3-11(9)16-21(19,20)7-1-2-10(14)8(5-7)12(17)18/h1-6H,(H,15,16)(H,17,18). The number of rotatable bonds is 4. The number of carbonyl (C=O) groups is 1. The van der Waals surface area contributed by atoms with Gasteiger partial charge in [0.1, 0.15) is 0 Å². The maximum absolute atomic E-state index is 12.3. The lowest BCUT2D eigenvalue weighted by Gasteiger charge is -2.10. The van der Waals surface area contributed by atoms with Crippen molar-refractivity contribution in [3.05, 3.63) is 51.7 Å². The minimum Gasteiger partial charge on any atom is -0.478 e. The molecule has 0 fully saturated rings. The summed E-state index contributed by atoms with van der Waals surface area (Å²) in [5, 5.41) is 8.94. The Labute approximate surface area is 134 Å². The smallest absolute Gasteiger partial charge is 0.337 e. The number of aromatic carboxylic acids is 1. The topological polar surface area (TPSA) is 96.4 Å². The summed E-state index contributed by atoms with van der Waals surface area (Å²) in [6, 6.07) is 4.92. The van der Waals surface area contributed by atoms with Gasteiger partial charge in [0.15, 0.2) is 0 Å². The Kier molecular flexibility index (Phi) is 4.50. The van der Waals surface area contributed by atoms with E-state index < -0.39 is 16.0 Å². The Bertz CT molecular complexity index is 811. The fraction of sp³-hybridized carbons (Fsp3) is 0. The molecule has 0 atom stereocenters. The molecule has 6 nitrogen and oxygen atoms in total. The monoisotopic (exact) mass is 390 g/mol. The highest BCUT2D eigenvalue weighted by Crippen LogP contribution is 2.25. The zero-order chi connectivity index (χ0) is 15.6. The van der Waals surface area contributed by atoms with Crippen molar-refractivity contribution in [1.82, 2.24) is 4.98 Å². The fourth-order valence-corrected chi connectivity index (χ4v) is 3.28. The molecule has 0 spiro atoms. The molecule has 2 N–H and O–H groups in total. The number of sulfonamides is 1. The summed E-state index contributed by atoms with van der Waals surface area (Å²) >= 11 is 8.88. The zero-order valence-corrected chi connectivity index (χ0v) is 13.4. The minimum atomic E-state index is -3.94. The molecule has 0 amide bonds. The van der Waals surface area contributed by atoms with Crippen LogP contribution in [0, 0.1) is 0 Å². The molecule has 21 heavy (non-hydrogen) atoms. The van der Waals surface area contributed by atoms with E-state index in [1.54, 1.807) is 0 Å². The number of pyridine rings is 1. The van der Waals surface area contributed by atoms with Crippen LogP contribution in [-0.2, 0) is 10.0 Å². The quantitative estimate of drug-likeness (QED) is 0.835. The third-order valence-corrected chi connectivity index (χ3v) is 4.82. The van der Waals surface area contributed by atoms with Gasteiger partial charge < -0.3 is 5.11 Å². The van der Waals surface area contributed by atoms with Crippen molar-refractivity contribution < 1.29 is 18.3 Å². The van der Waals surface area contributed by atoms with Gasteiger partial charge in [-0.3, -0.25) is 9.71 Å². The second-order valence-electron chi connectivity index (χ2n) is 3.91. The highest BCUT2D eigenvalue weighted by molar-refractivity contribution is 9.10. The summed E-state index contributed by atoms with van der Waals surface area (Å²) in [4.78, 5) is 14.6. The van der Waals surface area contributed by atoms with Crippen molar-refractivity contribution in [2.75, 3.05) is 4.72 Å². The van der Waals surface area contributed by atoms with Crippen molar-refractivity contribution in [1.29, 1.82) is 0 Å². The first-order chi connectivity index (χ1) is 9.81. The first kappa shape index (κ1) is 15.7. The SMILES string of the molecule is O=C(O)c1cc(S(=O)(=O)Nc2ccncc2Br)ccc1Cl. The van der Waals surface area contributed by atoms with Gasteiger partial charge in [-0.2, -0.15) is 0 Å². The Balaban J connectivity index is 2.43. The largest absolute Gasteiger partial charge is 0.478 e. The van der Waals surface area contributed by atoms with Gasteiger partial charge in [0.2, 0.25) is 0 Å². The van der Waals surface area contributed by atoms with Crippen LogP contribution in [-0.4, -0.2) is 24.5 Å². The molecule has 2 rings (SSSR count). The Morgan fingerprint density at radius 2 is 2.05 bits per heavy atom. The number of nitrogens with one attached hydrogen (secondary N) is 1. The molecule has 0 bridgehead atoms. The summed E-state index contributed by atoms with van der Waals surface area (Å²) in [6.45, 7) is 0. The second-order valence-corrected chi connectivity index (χ2v) is 6.85. The van der Waals surface area contributed by atoms with Gasteiger partial charge >= 0.3 is 5.97 Å². The first-order valence-corrected chi connectivity index (χ1v) is 8.12. The predicted molar refractivity (Wildman–Crippen MR) is 81.2 cm³/mol. The highest BCUT2D eigenvalue weighted by Gasteiger charge is 2.19. The van der Waals surface area contributed by atoms with Crippen molar-refractivity contribution >= 4 is 49.2 Å². The van der Waals surface area contributed by atoms with Gasteiger partial charge in [-0.1, -0.05) is 11.6 Å². The van der Waals surface area contributed by atoms with Gasteiger partial charge in [-0.05, 0) is 40.2 Å². The molecule has 0 unspecified atom stereocenters. The van der Waals surface area contributed by atoms with Crippen LogP contribution in [0.4, 0.5) is 5.69 Å². The molecule has 1 aromatic carbocycles. The van der Waals surface area contributed by atoms with E-state index in [1.807, 2.05) is 0 Å². The third kappa shape index (κ3) is 3.52. The number of benzene rings is 1. The molecule has 0 saturated heterocycles. The average Bonchev–Trinajstić information content (AvgIpc) is 2.41. The summed E-state index contributed by atoms with van der Waals surface area (Å²) in [5.41, 5.74) is 0.00478. The lowest BCUT2D eigenvalue weighted by molar-refractivity contribution is 0.0697. The molecule has 0 radical (unpaired) electrons. The van der Waals surface area contributed by atoms with Gasteiger partial charge in [-0.15, -0.1) is 0 Å². The van der Waals surface area contributed by atoms with Crippen LogP contribution in [0.3, 0.4) is 0 Å². The van der Waals surface area contributed by atoms with Crippen LogP contribution < -0.4 is 4.72 Å². The Morgan fingerprint density at radius 3 is 2.67 bits per heavy atom. The fourth-order valence-electron chi connectivity index (χ4n) is 1.50. The molecular weight excluding hydrogens is 384 g/mol. The number of carboxylic acids is 1. The number of anilines is 1. The number of carboxylic acid groups (broad SMARTS) is 1. The number of nitrogens with zero attached hydrogens (tertiary/aromatic N) is 1. The maximum Gasteiger partial charge on any atom is 0.337 e. The van der Waals surface area contributed by atoms with Gasteiger partial charge in [0.25, 0.3) is 10.0 Å². The van der Waals surface area contributed by atoms with E-state index >= 15 is 0 Å². The van der Waals surface area contributed by atoms with Crippen LogP contribution in [0.5, 0.6) is 0 Å². The van der Waals surface area contributed by atoms with Crippen molar-refractivity contribution in [3.63, 3.8) is 0 Å². The van der Waals surface area contributed by atoms with Crippen LogP contribution in [0.1, 0.15) is 10.4 Å². The number of hydrogen-bond donors (Lipinski definition) is 2. The number of hydrogen-bond acceptors (Lipinski definition) is 4. The minimum absolute atomic E-state index is 0.0356. The van der Waals surface area contributed by atoms with Crippen LogP contribution in [0.2, 0.25) is 5.02 Å². The highest BCUT2D eigenvalue weighted by atomic mass is 79.9. The summed E-state index contributed by atoms with van der Waals surface area (Å²) in [7, 11) is -3.94. The van der Waals surface area contributed by atoms with Crippen LogP contribution in [0.25, 0.3) is 0 Å². The van der Waals surface area contributed by atoms with Crippen molar-refractivity contribution in [3.8, 4) is 0 Å². The molecule has 9 heteroatoms. The van der Waals surface area contributed by atoms with Crippen molar-refractivity contribution in [2.24, 2.45) is 0 Å². The van der Waals surface area contributed by atoms with Crippen LogP contribution >= 0.6 is 27.5 Å². The lowest BCUT2D eigenvalue weighted by Crippen LogP contribution is -2.14. The van der Waals surface area contributed by atoms with Gasteiger partial charge in [0, 0.05) is 12.4 Å². The van der Waals surface area contributed by atoms with E-state index in [2.05, 4.69) is 25.6 Å². The molecule has 0 aliphatic heterocycles. The number of halogens is 2. The Morgan fingerprint density at radius 1 is 1.33 bits per heavy atom. The summed E-state index contributed by atoms with van der Waals surface area (Å²) in [5.74, 6) is -1.30. The Hall–Kier alpha value is -1.64. The molecule has 110 valence electrons. The molecular formula is C12H8BrClN2O4S. The molecule has 1 aromatic heterocycles. The molecule has 1 heterocycles. The van der Waals surface area contributed by atoms with E-state index in [9.17, 15) is 13.2 Å². The average molecular weight is 392 g/mol. The predicted octanol–water partition coefficient (Wildman–Crippen LogP) is 3.00. The molecule has 0 aliphatic carbocycles. The van der Waals surface area contributed by atoms with Crippen LogP contribution in [0.15, 0.2) is 46.0 Å². The molecule has 0 aliphatic rings. The summed E-state index contributed by atoms with van der Waals surface area (Å²) in [6.07, 6.45) is 2.86. The number of aromatic nitrogens is 1. The van der Waals surface area contributed by atoms with E-state index in [1.165, 1.54) is 30.6 Å². The van der Waals surface area contributed by atoms with E-state index in [0.29, 0.717) is 4.47 Å². The summed E-state index contributed by atoms with van der Waals surface area (Å²) < 4.78 is 27.3. The molecule has 2 aromatic rings. The van der Waals surface area contributed by atoms with Gasteiger partial charge in [0.05, 0.1) is 25.6 Å². The zero-order valence-electron chi connectivity index (χ0n) is 10.2. The van der Waals surface area contributed by atoms with Crippen molar-refractivity contribution in [2.45, 2.75) is 4.90 Å². The van der Waals surface area contributed by atoms with Gasteiger partial charge in [-0.25, -0.2) is 13.2 Å². The van der Waals surface area contributed by atoms with E-state index in [0.717, 1.165) is 6.07 Å². The second kappa shape index (κ2) is 6.00. The van der Waals surface area contributed by atoms with E-state index in [4.69, 9.17) is 16.7 Å². The van der Waals surface area contributed by atoms with E-state index in [-0.39, 0.29) is 21.2 Å². The third-order valence-electron chi connectivity index (χ3n) is 2.50. The maximum atomic E-state index is 12.3.